The first-order chi connectivity index (χ1) is 14.8. The predicted molar refractivity (Wildman–Crippen MR) is 115 cm³/mol. The Kier molecular flexibility index (Phi) is 3.77. The minimum absolute atomic E-state index is 0.106. The van der Waals surface area contributed by atoms with E-state index >= 15 is 0 Å². The van der Waals surface area contributed by atoms with E-state index in [9.17, 15) is 0 Å². The maximum Gasteiger partial charge on any atom is 0.182 e. The van der Waals surface area contributed by atoms with Crippen LogP contribution in [-0.4, -0.2) is 34.5 Å². The Morgan fingerprint density at radius 3 is 2.90 bits per heavy atom. The van der Waals surface area contributed by atoms with Gasteiger partial charge in [-0.25, -0.2) is 19.9 Å². The number of nitrogens with one attached hydrogen (secondary N) is 2. The average molecular weight is 396 g/mol. The highest BCUT2D eigenvalue weighted by atomic mass is 15.2. The van der Waals surface area contributed by atoms with E-state index < -0.39 is 0 Å². The number of benzene rings is 1. The molecule has 148 valence electrons. The van der Waals surface area contributed by atoms with Gasteiger partial charge in [-0.15, -0.1) is 0 Å². The first-order valence-electron chi connectivity index (χ1n) is 10.1. The summed E-state index contributed by atoms with van der Waals surface area (Å²) < 4.78 is 2.24. The van der Waals surface area contributed by atoms with E-state index in [2.05, 4.69) is 66.0 Å². The standard InChI is InChI=1S/C22H20N8/c1-13(28-21-18-20(25-11-24-18)26-12-27-21)22-29-17-6-2-5-16(14-7-8-14)19(17)30(22)15-4-3-9-23-10-15/h2-6,9-14H,7-8H2,1H3,(H2,24,25,26,27,28)/t13-/m0/s1. The van der Waals surface area contributed by atoms with Gasteiger partial charge in [0.2, 0.25) is 0 Å². The number of imidazole rings is 2. The number of hydrogen-bond donors (Lipinski definition) is 2. The molecule has 1 aliphatic rings. The fraction of sp³-hybridized carbons (Fsp3) is 0.227. The Hall–Kier alpha value is -3.81. The summed E-state index contributed by atoms with van der Waals surface area (Å²) in [6.07, 6.45) is 9.30. The molecule has 1 aromatic carbocycles. The van der Waals surface area contributed by atoms with Crippen LogP contribution in [0.2, 0.25) is 0 Å². The molecule has 4 aromatic heterocycles. The van der Waals surface area contributed by atoms with Crippen molar-refractivity contribution in [2.75, 3.05) is 5.32 Å². The summed E-state index contributed by atoms with van der Waals surface area (Å²) in [5, 5.41) is 3.50. The molecule has 8 nitrogen and oxygen atoms in total. The molecule has 0 bridgehead atoms. The third-order valence-electron chi connectivity index (χ3n) is 5.62. The van der Waals surface area contributed by atoms with Gasteiger partial charge in [0.05, 0.1) is 35.3 Å². The number of aromatic nitrogens is 7. The Labute approximate surface area is 172 Å². The highest BCUT2D eigenvalue weighted by molar-refractivity contribution is 5.84. The fourth-order valence-corrected chi connectivity index (χ4v) is 4.08. The van der Waals surface area contributed by atoms with Crippen molar-refractivity contribution in [2.24, 2.45) is 0 Å². The lowest BCUT2D eigenvalue weighted by molar-refractivity contribution is 0.767. The molecule has 1 saturated carbocycles. The van der Waals surface area contributed by atoms with Crippen LogP contribution in [-0.2, 0) is 0 Å². The Morgan fingerprint density at radius 1 is 1.13 bits per heavy atom. The number of fused-ring (bicyclic) bond motifs is 2. The number of H-pyrrole nitrogens is 1. The lowest BCUT2D eigenvalue weighted by atomic mass is 10.1. The zero-order chi connectivity index (χ0) is 20.1. The summed E-state index contributed by atoms with van der Waals surface area (Å²) in [5.74, 6) is 2.23. The number of hydrogen-bond acceptors (Lipinski definition) is 6. The molecule has 2 N–H and O–H groups in total. The second-order valence-electron chi connectivity index (χ2n) is 7.70. The first-order valence-corrected chi connectivity index (χ1v) is 10.1. The van der Waals surface area contributed by atoms with Gasteiger partial charge < -0.3 is 10.3 Å². The quantitative estimate of drug-likeness (QED) is 0.463. The van der Waals surface area contributed by atoms with Gasteiger partial charge in [-0.05, 0) is 49.4 Å². The van der Waals surface area contributed by atoms with Crippen molar-refractivity contribution in [1.82, 2.24) is 34.5 Å². The molecule has 8 heteroatoms. The van der Waals surface area contributed by atoms with Crippen molar-refractivity contribution in [3.63, 3.8) is 0 Å². The third kappa shape index (κ3) is 2.72. The van der Waals surface area contributed by atoms with E-state index in [1.807, 2.05) is 12.3 Å². The Bertz CT molecular complexity index is 1350. The molecule has 0 aliphatic heterocycles. The summed E-state index contributed by atoms with van der Waals surface area (Å²) in [6.45, 7) is 2.09. The summed E-state index contributed by atoms with van der Waals surface area (Å²) >= 11 is 0. The minimum Gasteiger partial charge on any atom is -0.358 e. The van der Waals surface area contributed by atoms with Crippen LogP contribution in [0, 0.1) is 0 Å². The van der Waals surface area contributed by atoms with Gasteiger partial charge in [0.1, 0.15) is 17.7 Å². The molecule has 1 atom stereocenters. The summed E-state index contributed by atoms with van der Waals surface area (Å²) in [4.78, 5) is 25.3. The van der Waals surface area contributed by atoms with E-state index in [1.165, 1.54) is 30.2 Å². The second kappa shape index (κ2) is 6.62. The van der Waals surface area contributed by atoms with E-state index in [4.69, 9.17) is 4.98 Å². The van der Waals surface area contributed by atoms with Crippen LogP contribution in [0.3, 0.4) is 0 Å². The number of pyridine rings is 1. The first kappa shape index (κ1) is 17.1. The molecule has 0 spiro atoms. The lowest BCUT2D eigenvalue weighted by Gasteiger charge is -2.17. The molecular formula is C22H20N8. The van der Waals surface area contributed by atoms with Gasteiger partial charge in [0, 0.05) is 6.20 Å². The molecule has 0 unspecified atom stereocenters. The third-order valence-corrected chi connectivity index (χ3v) is 5.62. The SMILES string of the molecule is C[C@H](Nc1ncnc2nc[nH]c12)c1nc2cccc(C3CC3)c2n1-c1cccnc1. The Balaban J connectivity index is 1.52. The molecule has 6 rings (SSSR count). The zero-order valence-electron chi connectivity index (χ0n) is 16.4. The van der Waals surface area contributed by atoms with Crippen LogP contribution >= 0.6 is 0 Å². The van der Waals surface area contributed by atoms with Crippen LogP contribution in [0.4, 0.5) is 5.82 Å². The average Bonchev–Trinajstić information content (AvgIpc) is 3.37. The monoisotopic (exact) mass is 396 g/mol. The number of anilines is 1. The molecule has 1 aliphatic carbocycles. The van der Waals surface area contributed by atoms with Crippen molar-refractivity contribution in [3.8, 4) is 5.69 Å². The topological polar surface area (TPSA) is 97.2 Å². The molecule has 4 heterocycles. The van der Waals surface area contributed by atoms with Crippen molar-refractivity contribution in [3.05, 3.63) is 66.8 Å². The smallest absolute Gasteiger partial charge is 0.182 e. The number of nitrogens with zero attached hydrogens (tertiary/aromatic N) is 6. The molecule has 5 aromatic rings. The normalized spacial score (nSPS) is 15.0. The van der Waals surface area contributed by atoms with Gasteiger partial charge in [-0.2, -0.15) is 0 Å². The number of rotatable bonds is 5. The second-order valence-corrected chi connectivity index (χ2v) is 7.70. The van der Waals surface area contributed by atoms with E-state index in [0.29, 0.717) is 17.4 Å². The van der Waals surface area contributed by atoms with Crippen molar-refractivity contribution < 1.29 is 0 Å². The maximum absolute atomic E-state index is 5.03. The van der Waals surface area contributed by atoms with E-state index in [0.717, 1.165) is 22.5 Å². The molecule has 30 heavy (non-hydrogen) atoms. The number of aromatic amines is 1. The van der Waals surface area contributed by atoms with Crippen LogP contribution in [0.25, 0.3) is 27.9 Å². The summed E-state index contributed by atoms with van der Waals surface area (Å²) in [5.41, 5.74) is 5.96. The fourth-order valence-electron chi connectivity index (χ4n) is 4.08. The number of para-hydroxylation sites is 1. The zero-order valence-corrected chi connectivity index (χ0v) is 16.4. The van der Waals surface area contributed by atoms with Crippen molar-refractivity contribution >= 4 is 28.0 Å². The molecule has 0 saturated heterocycles. The predicted octanol–water partition coefficient (Wildman–Crippen LogP) is 4.14. The largest absolute Gasteiger partial charge is 0.358 e. The van der Waals surface area contributed by atoms with Crippen molar-refractivity contribution in [1.29, 1.82) is 0 Å². The van der Waals surface area contributed by atoms with Crippen LogP contribution in [0.15, 0.2) is 55.4 Å². The van der Waals surface area contributed by atoms with Crippen LogP contribution in [0.1, 0.15) is 43.1 Å². The van der Waals surface area contributed by atoms with Crippen LogP contribution in [0.5, 0.6) is 0 Å². The summed E-state index contributed by atoms with van der Waals surface area (Å²) in [6, 6.07) is 10.4. The highest BCUT2D eigenvalue weighted by Crippen LogP contribution is 2.44. The molecule has 0 radical (unpaired) electrons. The summed E-state index contributed by atoms with van der Waals surface area (Å²) in [7, 11) is 0. The lowest BCUT2D eigenvalue weighted by Crippen LogP contribution is -2.14. The molecule has 1 fully saturated rings. The van der Waals surface area contributed by atoms with Gasteiger partial charge in [0.15, 0.2) is 11.5 Å². The molecular weight excluding hydrogens is 376 g/mol. The van der Waals surface area contributed by atoms with E-state index in [-0.39, 0.29) is 6.04 Å². The van der Waals surface area contributed by atoms with Crippen molar-refractivity contribution in [2.45, 2.75) is 31.7 Å². The van der Waals surface area contributed by atoms with E-state index in [1.54, 1.807) is 12.5 Å². The highest BCUT2D eigenvalue weighted by Gasteiger charge is 2.29. The van der Waals surface area contributed by atoms with Gasteiger partial charge in [0.25, 0.3) is 0 Å². The van der Waals surface area contributed by atoms with Crippen LogP contribution < -0.4 is 5.32 Å². The van der Waals surface area contributed by atoms with Gasteiger partial charge >= 0.3 is 0 Å². The maximum atomic E-state index is 5.03. The molecule has 0 amide bonds. The van der Waals surface area contributed by atoms with Gasteiger partial charge in [-0.3, -0.25) is 9.55 Å². The minimum atomic E-state index is -0.106. The van der Waals surface area contributed by atoms with Gasteiger partial charge in [-0.1, -0.05) is 12.1 Å². The Morgan fingerprint density at radius 2 is 2.07 bits per heavy atom.